The van der Waals surface area contributed by atoms with E-state index in [0.717, 1.165) is 34.0 Å². The van der Waals surface area contributed by atoms with E-state index in [1.807, 2.05) is 0 Å². The molecule has 0 saturated heterocycles. The summed E-state index contributed by atoms with van der Waals surface area (Å²) in [4.78, 5) is 0. The Labute approximate surface area is 149 Å². The van der Waals surface area contributed by atoms with Crippen molar-refractivity contribution >= 4 is 22.6 Å². The van der Waals surface area contributed by atoms with Crippen molar-refractivity contribution in [2.75, 3.05) is 6.61 Å². The van der Waals surface area contributed by atoms with Crippen LogP contribution in [0.2, 0.25) is 0 Å². The molecule has 22 heavy (non-hydrogen) atoms. The predicted molar refractivity (Wildman–Crippen MR) is 102 cm³/mol. The highest BCUT2D eigenvalue weighted by Crippen LogP contribution is 2.41. The molecule has 0 spiro atoms. The number of aryl methyl sites for hydroxylation is 1. The molecule has 0 bridgehead atoms. The van der Waals surface area contributed by atoms with Gasteiger partial charge in [-0.3, -0.25) is 0 Å². The van der Waals surface area contributed by atoms with Crippen LogP contribution in [0.1, 0.15) is 56.9 Å². The van der Waals surface area contributed by atoms with Gasteiger partial charge in [0.05, 0.1) is 6.61 Å². The van der Waals surface area contributed by atoms with E-state index in [9.17, 15) is 0 Å². The molecule has 1 aromatic carbocycles. The van der Waals surface area contributed by atoms with Gasteiger partial charge >= 0.3 is 0 Å². The summed E-state index contributed by atoms with van der Waals surface area (Å²) >= 11 is 2.64. The maximum atomic E-state index is 5.99. The van der Waals surface area contributed by atoms with Gasteiger partial charge in [0.2, 0.25) is 0 Å². The lowest BCUT2D eigenvalue weighted by Gasteiger charge is -2.36. The van der Waals surface area contributed by atoms with Crippen LogP contribution >= 0.6 is 22.6 Å². The average molecular weight is 412 g/mol. The lowest BCUT2D eigenvalue weighted by Crippen LogP contribution is -2.27. The third-order valence-corrected chi connectivity index (χ3v) is 7.01. The fourth-order valence-electron chi connectivity index (χ4n) is 4.22. The molecular weight excluding hydrogens is 383 g/mol. The zero-order chi connectivity index (χ0) is 15.4. The van der Waals surface area contributed by atoms with Gasteiger partial charge in [-0.15, -0.1) is 0 Å². The van der Waals surface area contributed by atoms with Crippen LogP contribution in [0.5, 0.6) is 5.75 Å². The Kier molecular flexibility index (Phi) is 6.06. The molecule has 0 aromatic heterocycles. The summed E-state index contributed by atoms with van der Waals surface area (Å²) in [7, 11) is 0. The van der Waals surface area contributed by atoms with E-state index in [-0.39, 0.29) is 0 Å². The van der Waals surface area contributed by atoms with Crippen LogP contribution in [0.3, 0.4) is 0 Å². The molecular formula is C20H29IO. The van der Waals surface area contributed by atoms with Crippen LogP contribution in [-0.4, -0.2) is 10.5 Å². The summed E-state index contributed by atoms with van der Waals surface area (Å²) in [6.07, 6.45) is 11.5. The number of rotatable bonds is 4. The third-order valence-electron chi connectivity index (χ3n) is 5.77. The van der Waals surface area contributed by atoms with Gasteiger partial charge in [-0.25, -0.2) is 0 Å². The summed E-state index contributed by atoms with van der Waals surface area (Å²) in [5.74, 6) is 3.86. The zero-order valence-corrected chi connectivity index (χ0v) is 15.9. The highest BCUT2D eigenvalue weighted by atomic mass is 127. The number of halogens is 1. The van der Waals surface area contributed by atoms with Crippen molar-refractivity contribution in [1.82, 2.24) is 0 Å². The SMILES string of the molecule is Cc1ccc(OCC2CCC(C3CCC(I)CC3)CC2)cc1. The Bertz CT molecular complexity index is 439. The lowest BCUT2D eigenvalue weighted by atomic mass is 9.71. The Morgan fingerprint density at radius 2 is 1.41 bits per heavy atom. The van der Waals surface area contributed by atoms with Gasteiger partial charge in [0.25, 0.3) is 0 Å². The third kappa shape index (κ3) is 4.62. The summed E-state index contributed by atoms with van der Waals surface area (Å²) in [5, 5.41) is 0. The minimum atomic E-state index is 0.776. The van der Waals surface area contributed by atoms with Crippen LogP contribution in [0.4, 0.5) is 0 Å². The summed E-state index contributed by atoms with van der Waals surface area (Å²) in [5.41, 5.74) is 1.30. The summed E-state index contributed by atoms with van der Waals surface area (Å²) in [6, 6.07) is 8.47. The highest BCUT2D eigenvalue weighted by molar-refractivity contribution is 14.1. The standard InChI is InChI=1S/C20H29IO/c1-15-2-12-20(13-3-15)22-14-16-4-6-17(7-5-16)18-8-10-19(21)11-9-18/h2-3,12-13,16-19H,4-11,14H2,1H3. The summed E-state index contributed by atoms with van der Waals surface area (Å²) < 4.78 is 6.95. The molecule has 2 saturated carbocycles. The van der Waals surface area contributed by atoms with Crippen molar-refractivity contribution in [2.24, 2.45) is 17.8 Å². The minimum Gasteiger partial charge on any atom is -0.493 e. The largest absolute Gasteiger partial charge is 0.493 e. The molecule has 2 aliphatic carbocycles. The van der Waals surface area contributed by atoms with Gasteiger partial charge in [-0.2, -0.15) is 0 Å². The zero-order valence-electron chi connectivity index (χ0n) is 13.8. The first-order chi connectivity index (χ1) is 10.7. The van der Waals surface area contributed by atoms with Crippen molar-refractivity contribution in [1.29, 1.82) is 0 Å². The van der Waals surface area contributed by atoms with Crippen molar-refractivity contribution in [3.63, 3.8) is 0 Å². The van der Waals surface area contributed by atoms with Gasteiger partial charge in [0.1, 0.15) is 5.75 Å². The maximum Gasteiger partial charge on any atom is 0.119 e. The van der Waals surface area contributed by atoms with E-state index in [1.165, 1.54) is 56.9 Å². The van der Waals surface area contributed by atoms with Crippen LogP contribution < -0.4 is 4.74 Å². The topological polar surface area (TPSA) is 9.23 Å². The molecule has 2 fully saturated rings. The van der Waals surface area contributed by atoms with E-state index in [4.69, 9.17) is 4.74 Å². The molecule has 2 aliphatic rings. The quantitative estimate of drug-likeness (QED) is 0.424. The van der Waals surface area contributed by atoms with Crippen LogP contribution in [0, 0.1) is 24.7 Å². The second-order valence-corrected chi connectivity index (χ2v) is 9.18. The van der Waals surface area contributed by atoms with E-state index in [1.54, 1.807) is 0 Å². The van der Waals surface area contributed by atoms with E-state index >= 15 is 0 Å². The van der Waals surface area contributed by atoms with Crippen LogP contribution in [0.25, 0.3) is 0 Å². The van der Waals surface area contributed by atoms with Crippen molar-refractivity contribution in [2.45, 2.75) is 62.2 Å². The minimum absolute atomic E-state index is 0.776. The first-order valence-electron chi connectivity index (χ1n) is 9.04. The number of hydrogen-bond acceptors (Lipinski definition) is 1. The first kappa shape index (κ1) is 16.6. The molecule has 0 atom stereocenters. The second-order valence-electron chi connectivity index (χ2n) is 7.42. The summed E-state index contributed by atoms with van der Waals surface area (Å²) in [6.45, 7) is 3.03. The number of alkyl halides is 1. The van der Waals surface area contributed by atoms with Gasteiger partial charge in [-0.1, -0.05) is 40.3 Å². The average Bonchev–Trinajstić information content (AvgIpc) is 2.56. The molecule has 0 N–H and O–H groups in total. The van der Waals surface area contributed by atoms with E-state index in [0.29, 0.717) is 0 Å². The first-order valence-corrected chi connectivity index (χ1v) is 10.3. The van der Waals surface area contributed by atoms with E-state index < -0.39 is 0 Å². The molecule has 0 unspecified atom stereocenters. The molecule has 3 rings (SSSR count). The fraction of sp³-hybridized carbons (Fsp3) is 0.700. The Morgan fingerprint density at radius 3 is 2.00 bits per heavy atom. The normalized spacial score (nSPS) is 32.6. The molecule has 1 nitrogen and oxygen atoms in total. The van der Waals surface area contributed by atoms with Crippen LogP contribution in [-0.2, 0) is 0 Å². The predicted octanol–water partition coefficient (Wildman–Crippen LogP) is 6.17. The molecule has 0 amide bonds. The molecule has 0 aliphatic heterocycles. The molecule has 122 valence electrons. The van der Waals surface area contributed by atoms with Crippen molar-refractivity contribution in [3.8, 4) is 5.75 Å². The van der Waals surface area contributed by atoms with Gasteiger partial charge in [-0.05, 0) is 88.2 Å². The molecule has 0 heterocycles. The number of benzene rings is 1. The van der Waals surface area contributed by atoms with Gasteiger partial charge in [0.15, 0.2) is 0 Å². The van der Waals surface area contributed by atoms with Crippen molar-refractivity contribution in [3.05, 3.63) is 29.8 Å². The smallest absolute Gasteiger partial charge is 0.119 e. The fourth-order valence-corrected chi connectivity index (χ4v) is 4.94. The van der Waals surface area contributed by atoms with E-state index in [2.05, 4.69) is 53.8 Å². The molecule has 2 heteroatoms. The van der Waals surface area contributed by atoms with Crippen LogP contribution in [0.15, 0.2) is 24.3 Å². The lowest BCUT2D eigenvalue weighted by molar-refractivity contribution is 0.137. The Morgan fingerprint density at radius 1 is 0.864 bits per heavy atom. The molecule has 1 aromatic rings. The second kappa shape index (κ2) is 8.03. The van der Waals surface area contributed by atoms with Gasteiger partial charge < -0.3 is 4.74 Å². The number of hydrogen-bond donors (Lipinski definition) is 0. The maximum absolute atomic E-state index is 5.99. The Hall–Kier alpha value is -0.250. The molecule has 0 radical (unpaired) electrons. The highest BCUT2D eigenvalue weighted by Gasteiger charge is 2.30. The number of ether oxygens (including phenoxy) is 1. The van der Waals surface area contributed by atoms with Gasteiger partial charge in [0, 0.05) is 3.92 Å². The Balaban J connectivity index is 1.39. The van der Waals surface area contributed by atoms with Crippen molar-refractivity contribution < 1.29 is 4.74 Å². The monoisotopic (exact) mass is 412 g/mol.